The average molecular weight is 496 g/mol. The van der Waals surface area contributed by atoms with Crippen LogP contribution in [0, 0.1) is 5.82 Å². The Kier molecular flexibility index (Phi) is 9.28. The molecule has 2 rings (SSSR count). The molecule has 13 heteroatoms. The molecule has 176 valence electrons. The number of aromatic nitrogens is 1. The third-order valence-electron chi connectivity index (χ3n) is 4.00. The summed E-state index contributed by atoms with van der Waals surface area (Å²) in [7, 11) is -4.31. The summed E-state index contributed by atoms with van der Waals surface area (Å²) in [5.41, 5.74) is 0.395. The van der Waals surface area contributed by atoms with Crippen molar-refractivity contribution in [1.29, 1.82) is 0 Å². The average Bonchev–Trinajstić information content (AvgIpc) is 2.73. The fourth-order valence-electron chi connectivity index (χ4n) is 2.50. The van der Waals surface area contributed by atoms with E-state index in [1.54, 1.807) is 6.26 Å². The van der Waals surface area contributed by atoms with Crippen LogP contribution >= 0.6 is 11.8 Å². The number of carbonyl (C=O) groups is 1. The summed E-state index contributed by atoms with van der Waals surface area (Å²) in [4.78, 5) is 15.7. The third-order valence-corrected chi connectivity index (χ3v) is 6.15. The van der Waals surface area contributed by atoms with Crippen molar-refractivity contribution in [2.75, 3.05) is 18.6 Å². The van der Waals surface area contributed by atoms with Gasteiger partial charge in [0, 0.05) is 18.8 Å². The molecule has 1 heterocycles. The zero-order valence-electron chi connectivity index (χ0n) is 16.9. The first-order chi connectivity index (χ1) is 15.0. The number of amides is 1. The standard InChI is InChI=1S/C19H21F4N3O4S2/c1-31-9-7-15(26-32(28,29)16-5-3-2-4-14(16)20)18(27)25-11-13-6-8-24-17(10-13)30-12-19(21,22)23/h2-6,8,10,15,26H,7,9,11-12H2,1H3,(H,25,27). The summed E-state index contributed by atoms with van der Waals surface area (Å²) >= 11 is 1.39. The number of hydrogen-bond donors (Lipinski definition) is 2. The molecule has 0 aliphatic rings. The molecular weight excluding hydrogens is 474 g/mol. The topological polar surface area (TPSA) is 97.4 Å². The molecule has 0 saturated carbocycles. The maximum absolute atomic E-state index is 13.9. The number of nitrogens with one attached hydrogen (secondary N) is 2. The predicted molar refractivity (Wildman–Crippen MR) is 111 cm³/mol. The van der Waals surface area contributed by atoms with Crippen LogP contribution in [0.3, 0.4) is 0 Å². The number of halogens is 4. The Bertz CT molecular complexity index is 1020. The molecule has 0 bridgehead atoms. The van der Waals surface area contributed by atoms with Gasteiger partial charge in [-0.15, -0.1) is 0 Å². The van der Waals surface area contributed by atoms with Gasteiger partial charge in [0.1, 0.15) is 16.8 Å². The van der Waals surface area contributed by atoms with E-state index in [-0.39, 0.29) is 18.8 Å². The highest BCUT2D eigenvalue weighted by Crippen LogP contribution is 2.18. The Morgan fingerprint density at radius 3 is 2.62 bits per heavy atom. The lowest BCUT2D eigenvalue weighted by Gasteiger charge is -2.18. The highest BCUT2D eigenvalue weighted by Gasteiger charge is 2.29. The van der Waals surface area contributed by atoms with Crippen LogP contribution < -0.4 is 14.8 Å². The molecule has 0 aliphatic heterocycles. The van der Waals surface area contributed by atoms with Gasteiger partial charge in [-0.25, -0.2) is 17.8 Å². The van der Waals surface area contributed by atoms with Crippen LogP contribution in [0.5, 0.6) is 5.88 Å². The van der Waals surface area contributed by atoms with Gasteiger partial charge in [-0.05, 0) is 42.2 Å². The number of alkyl halides is 3. The number of hydrogen-bond acceptors (Lipinski definition) is 6. The van der Waals surface area contributed by atoms with Crippen molar-refractivity contribution in [3.63, 3.8) is 0 Å². The lowest BCUT2D eigenvalue weighted by Crippen LogP contribution is -2.46. The monoisotopic (exact) mass is 495 g/mol. The molecule has 1 unspecified atom stereocenters. The van der Waals surface area contributed by atoms with Crippen LogP contribution in [0.25, 0.3) is 0 Å². The Hall–Kier alpha value is -2.38. The minimum atomic E-state index is -4.52. The highest BCUT2D eigenvalue weighted by atomic mass is 32.2. The quantitative estimate of drug-likeness (QED) is 0.466. The van der Waals surface area contributed by atoms with E-state index in [9.17, 15) is 30.8 Å². The largest absolute Gasteiger partial charge is 0.468 e. The van der Waals surface area contributed by atoms with E-state index in [1.807, 2.05) is 0 Å². The number of carbonyl (C=O) groups excluding carboxylic acids is 1. The molecule has 1 atom stereocenters. The summed E-state index contributed by atoms with van der Waals surface area (Å²) in [6, 6.07) is 6.28. The molecule has 1 amide bonds. The van der Waals surface area contributed by atoms with Crippen LogP contribution in [0.2, 0.25) is 0 Å². The first kappa shape index (κ1) is 25.9. The number of sulfonamides is 1. The highest BCUT2D eigenvalue weighted by molar-refractivity contribution is 7.98. The van der Waals surface area contributed by atoms with Gasteiger partial charge in [0.2, 0.25) is 21.8 Å². The molecule has 0 saturated heterocycles. The fraction of sp³-hybridized carbons (Fsp3) is 0.368. The molecule has 0 fully saturated rings. The molecule has 0 spiro atoms. The number of ether oxygens (including phenoxy) is 1. The lowest BCUT2D eigenvalue weighted by molar-refractivity contribution is -0.154. The van der Waals surface area contributed by atoms with Crippen molar-refractivity contribution in [3.05, 3.63) is 54.0 Å². The van der Waals surface area contributed by atoms with Crippen molar-refractivity contribution >= 4 is 27.7 Å². The Morgan fingerprint density at radius 2 is 1.97 bits per heavy atom. The molecular formula is C19H21F4N3O4S2. The first-order valence-corrected chi connectivity index (χ1v) is 12.1. The van der Waals surface area contributed by atoms with Crippen molar-refractivity contribution in [2.24, 2.45) is 0 Å². The van der Waals surface area contributed by atoms with Gasteiger partial charge in [-0.3, -0.25) is 4.79 Å². The molecule has 2 N–H and O–H groups in total. The zero-order valence-corrected chi connectivity index (χ0v) is 18.5. The van der Waals surface area contributed by atoms with Crippen LogP contribution in [-0.4, -0.2) is 50.1 Å². The van der Waals surface area contributed by atoms with Crippen LogP contribution in [0.1, 0.15) is 12.0 Å². The van der Waals surface area contributed by atoms with E-state index in [2.05, 4.69) is 19.8 Å². The first-order valence-electron chi connectivity index (χ1n) is 9.20. The van der Waals surface area contributed by atoms with Crippen LogP contribution in [0.4, 0.5) is 17.6 Å². The number of nitrogens with zero attached hydrogens (tertiary/aromatic N) is 1. The second-order valence-electron chi connectivity index (χ2n) is 6.51. The van der Waals surface area contributed by atoms with Gasteiger partial charge in [0.25, 0.3) is 0 Å². The Morgan fingerprint density at radius 1 is 1.25 bits per heavy atom. The molecule has 7 nitrogen and oxygen atoms in total. The molecule has 32 heavy (non-hydrogen) atoms. The van der Waals surface area contributed by atoms with Gasteiger partial charge in [0.15, 0.2) is 6.61 Å². The molecule has 1 aromatic heterocycles. The van der Waals surface area contributed by atoms with Gasteiger partial charge in [-0.1, -0.05) is 12.1 Å². The smallest absolute Gasteiger partial charge is 0.422 e. The van der Waals surface area contributed by atoms with E-state index in [4.69, 9.17) is 0 Å². The zero-order chi connectivity index (χ0) is 23.8. The van der Waals surface area contributed by atoms with E-state index >= 15 is 0 Å². The fourth-order valence-corrected chi connectivity index (χ4v) is 4.28. The summed E-state index contributed by atoms with van der Waals surface area (Å²) < 4.78 is 82.6. The summed E-state index contributed by atoms with van der Waals surface area (Å²) in [6.45, 7) is -1.62. The number of pyridine rings is 1. The van der Waals surface area contributed by atoms with Crippen LogP contribution in [-0.2, 0) is 21.4 Å². The van der Waals surface area contributed by atoms with Crippen molar-refractivity contribution in [2.45, 2.75) is 30.1 Å². The summed E-state index contributed by atoms with van der Waals surface area (Å²) in [5, 5.41) is 2.52. The van der Waals surface area contributed by atoms with E-state index in [0.29, 0.717) is 11.3 Å². The van der Waals surface area contributed by atoms with Crippen LogP contribution in [0.15, 0.2) is 47.5 Å². The molecule has 0 aliphatic carbocycles. The maximum atomic E-state index is 13.9. The van der Waals surface area contributed by atoms with Gasteiger partial charge in [0.05, 0.1) is 0 Å². The second-order valence-corrected chi connectivity index (χ2v) is 9.18. The van der Waals surface area contributed by atoms with Crippen molar-refractivity contribution in [1.82, 2.24) is 15.0 Å². The number of thioether (sulfide) groups is 1. The normalized spacial score (nSPS) is 12.9. The maximum Gasteiger partial charge on any atom is 0.422 e. The minimum absolute atomic E-state index is 0.110. The van der Waals surface area contributed by atoms with E-state index < -0.39 is 45.5 Å². The third kappa shape index (κ3) is 8.28. The lowest BCUT2D eigenvalue weighted by atomic mass is 10.2. The minimum Gasteiger partial charge on any atom is -0.468 e. The van der Waals surface area contributed by atoms with Crippen molar-refractivity contribution < 1.29 is 35.5 Å². The molecule has 1 aromatic carbocycles. The van der Waals surface area contributed by atoms with Gasteiger partial charge >= 0.3 is 6.18 Å². The Balaban J connectivity index is 2.06. The molecule has 2 aromatic rings. The molecule has 0 radical (unpaired) electrons. The predicted octanol–water partition coefficient (Wildman–Crippen LogP) is 2.88. The Labute approximate surface area is 187 Å². The van der Waals surface area contributed by atoms with E-state index in [1.165, 1.54) is 42.2 Å². The SMILES string of the molecule is CSCCC(NS(=O)(=O)c1ccccc1F)C(=O)NCc1ccnc(OCC(F)(F)F)c1. The second kappa shape index (κ2) is 11.5. The number of benzene rings is 1. The summed E-state index contributed by atoms with van der Waals surface area (Å²) in [6.07, 6.45) is -1.39. The van der Waals surface area contributed by atoms with Crippen molar-refractivity contribution in [3.8, 4) is 5.88 Å². The summed E-state index contributed by atoms with van der Waals surface area (Å²) in [5.74, 6) is -1.45. The van der Waals surface area contributed by atoms with E-state index in [0.717, 1.165) is 12.1 Å². The van der Waals surface area contributed by atoms with Gasteiger partial charge < -0.3 is 10.1 Å². The van der Waals surface area contributed by atoms with Gasteiger partial charge in [-0.2, -0.15) is 29.7 Å². The number of rotatable bonds is 11.